The number of carbonyl (C=O) groups is 1. The van der Waals surface area contributed by atoms with Crippen molar-refractivity contribution in [3.8, 4) is 23.4 Å². The first-order valence-electron chi connectivity index (χ1n) is 9.54. The molecule has 0 unspecified atom stereocenters. The van der Waals surface area contributed by atoms with Crippen molar-refractivity contribution < 1.29 is 23.7 Å². The number of hydrogen-bond acceptors (Lipinski definition) is 8. The highest BCUT2D eigenvalue weighted by Gasteiger charge is 2.36. The zero-order valence-corrected chi connectivity index (χ0v) is 17.3. The van der Waals surface area contributed by atoms with Crippen molar-refractivity contribution in [1.82, 2.24) is 10.2 Å². The Kier molecular flexibility index (Phi) is 6.16. The minimum absolute atomic E-state index is 0.0327. The fourth-order valence-electron chi connectivity index (χ4n) is 3.35. The summed E-state index contributed by atoms with van der Waals surface area (Å²) in [6, 6.07) is 7.51. The van der Waals surface area contributed by atoms with Crippen LogP contribution < -0.4 is 19.9 Å². The number of carbonyl (C=O) groups excluding carboxylic acids is 1. The number of fused-ring (bicyclic) bond motifs is 1. The van der Waals surface area contributed by atoms with Gasteiger partial charge in [0.25, 0.3) is 0 Å². The molecule has 1 aromatic heterocycles. The number of allylic oxidation sites excluding steroid dienone is 1. The van der Waals surface area contributed by atoms with Gasteiger partial charge in [-0.1, -0.05) is 6.07 Å². The lowest BCUT2D eigenvalue weighted by Crippen LogP contribution is -2.22. The van der Waals surface area contributed by atoms with Crippen LogP contribution in [0.1, 0.15) is 43.5 Å². The molecule has 0 fully saturated rings. The third kappa shape index (κ3) is 4.03. The van der Waals surface area contributed by atoms with Gasteiger partial charge in [0.05, 0.1) is 43.4 Å². The summed E-state index contributed by atoms with van der Waals surface area (Å²) in [6.45, 7) is 5.83. The molecule has 0 spiro atoms. The molecule has 9 nitrogen and oxygen atoms in total. The van der Waals surface area contributed by atoms with Gasteiger partial charge in [0, 0.05) is 0 Å². The van der Waals surface area contributed by atoms with Crippen LogP contribution >= 0.6 is 0 Å². The Bertz CT molecular complexity index is 1020. The summed E-state index contributed by atoms with van der Waals surface area (Å²) in [5, 5.41) is 16.7. The number of benzene rings is 1. The number of nitrogens with zero attached hydrogens (tertiary/aromatic N) is 2. The number of H-pyrrole nitrogens is 1. The highest BCUT2D eigenvalue weighted by molar-refractivity contribution is 5.73. The van der Waals surface area contributed by atoms with Crippen molar-refractivity contribution in [2.75, 3.05) is 13.7 Å². The first kappa shape index (κ1) is 21.0. The lowest BCUT2D eigenvalue weighted by molar-refractivity contribution is -0.142. The Morgan fingerprint density at radius 1 is 1.40 bits per heavy atom. The van der Waals surface area contributed by atoms with Crippen LogP contribution in [0.4, 0.5) is 0 Å². The van der Waals surface area contributed by atoms with E-state index in [1.165, 1.54) is 0 Å². The van der Waals surface area contributed by atoms with Crippen molar-refractivity contribution in [2.24, 2.45) is 5.73 Å². The molecular weight excluding hydrogens is 388 g/mol. The minimum atomic E-state index is -0.594. The van der Waals surface area contributed by atoms with E-state index >= 15 is 0 Å². The maximum atomic E-state index is 12.1. The van der Waals surface area contributed by atoms with Gasteiger partial charge in [-0.25, -0.2) is 0 Å². The molecule has 3 rings (SSSR count). The Labute approximate surface area is 174 Å². The number of nitrogens with two attached hydrogens (primary N) is 1. The second-order valence-corrected chi connectivity index (χ2v) is 6.90. The van der Waals surface area contributed by atoms with Gasteiger partial charge in [0.2, 0.25) is 11.8 Å². The van der Waals surface area contributed by atoms with Crippen molar-refractivity contribution in [2.45, 2.75) is 39.2 Å². The predicted octanol–water partition coefficient (Wildman–Crippen LogP) is 2.53. The molecule has 0 saturated heterocycles. The van der Waals surface area contributed by atoms with Gasteiger partial charge in [-0.05, 0) is 38.5 Å². The van der Waals surface area contributed by atoms with E-state index in [4.69, 9.17) is 24.7 Å². The first-order valence-corrected chi connectivity index (χ1v) is 9.54. The van der Waals surface area contributed by atoms with E-state index in [-0.39, 0.29) is 36.5 Å². The smallest absolute Gasteiger partial charge is 0.311 e. The average molecular weight is 412 g/mol. The lowest BCUT2D eigenvalue weighted by Gasteiger charge is -2.25. The molecular formula is C21H24N4O5. The van der Waals surface area contributed by atoms with Crippen molar-refractivity contribution >= 4 is 5.97 Å². The molecule has 1 aliphatic heterocycles. The molecule has 1 aliphatic rings. The van der Waals surface area contributed by atoms with Crippen LogP contribution in [-0.4, -0.2) is 36.0 Å². The fourth-order valence-corrected chi connectivity index (χ4v) is 3.35. The normalized spacial score (nSPS) is 15.3. The van der Waals surface area contributed by atoms with Gasteiger partial charge in [-0.3, -0.25) is 9.89 Å². The van der Waals surface area contributed by atoms with Gasteiger partial charge in [0.1, 0.15) is 11.6 Å². The Balaban J connectivity index is 2.11. The van der Waals surface area contributed by atoms with Crippen LogP contribution in [0.25, 0.3) is 0 Å². The van der Waals surface area contributed by atoms with E-state index in [1.54, 1.807) is 26.2 Å². The number of nitriles is 1. The molecule has 0 aliphatic carbocycles. The number of rotatable bonds is 7. The zero-order chi connectivity index (χ0) is 21.8. The van der Waals surface area contributed by atoms with Crippen LogP contribution in [0.15, 0.2) is 29.7 Å². The maximum Gasteiger partial charge on any atom is 0.311 e. The second-order valence-electron chi connectivity index (χ2n) is 6.90. The number of ether oxygens (including phenoxy) is 4. The molecule has 1 aromatic carbocycles. The van der Waals surface area contributed by atoms with Crippen LogP contribution in [0, 0.1) is 11.3 Å². The Hall–Kier alpha value is -3.67. The summed E-state index contributed by atoms with van der Waals surface area (Å²) < 4.78 is 21.8. The molecule has 1 atom stereocenters. The largest absolute Gasteiger partial charge is 0.493 e. The average Bonchev–Trinajstić information content (AvgIpc) is 3.08. The summed E-state index contributed by atoms with van der Waals surface area (Å²) in [6.07, 6.45) is -0.0740. The maximum absolute atomic E-state index is 12.1. The Morgan fingerprint density at radius 2 is 2.17 bits per heavy atom. The molecule has 0 amide bonds. The molecule has 2 aromatic rings. The SMILES string of the molecule is CCOC(=O)Cc1[nH]nc2c1[C@H](c1ccc(OC(C)C)c(OC)c1)C(C#N)=C(N)O2. The number of nitrogens with one attached hydrogen (secondary N) is 1. The number of aromatic amines is 1. The van der Waals surface area contributed by atoms with Crippen LogP contribution in [0.5, 0.6) is 17.4 Å². The van der Waals surface area contributed by atoms with Crippen LogP contribution in [-0.2, 0) is 16.0 Å². The Morgan fingerprint density at radius 3 is 2.80 bits per heavy atom. The molecule has 30 heavy (non-hydrogen) atoms. The van der Waals surface area contributed by atoms with E-state index in [2.05, 4.69) is 16.3 Å². The van der Waals surface area contributed by atoms with E-state index in [0.29, 0.717) is 22.8 Å². The summed E-state index contributed by atoms with van der Waals surface area (Å²) in [5.41, 5.74) is 7.99. The van der Waals surface area contributed by atoms with E-state index in [9.17, 15) is 10.1 Å². The highest BCUT2D eigenvalue weighted by atomic mass is 16.5. The highest BCUT2D eigenvalue weighted by Crippen LogP contribution is 2.44. The van der Waals surface area contributed by atoms with Crippen molar-refractivity contribution in [3.05, 3.63) is 46.5 Å². The lowest BCUT2D eigenvalue weighted by atomic mass is 9.83. The fraction of sp³-hybridized carbons (Fsp3) is 0.381. The summed E-state index contributed by atoms with van der Waals surface area (Å²) in [7, 11) is 1.54. The van der Waals surface area contributed by atoms with Gasteiger partial charge >= 0.3 is 5.97 Å². The number of esters is 1. The predicted molar refractivity (Wildman–Crippen MR) is 107 cm³/mol. The number of hydrogen-bond donors (Lipinski definition) is 2. The number of methoxy groups -OCH3 is 1. The topological polar surface area (TPSA) is 132 Å². The zero-order valence-electron chi connectivity index (χ0n) is 17.3. The molecule has 158 valence electrons. The number of aromatic nitrogens is 2. The van der Waals surface area contributed by atoms with Crippen molar-refractivity contribution in [3.63, 3.8) is 0 Å². The van der Waals surface area contributed by atoms with Gasteiger partial charge in [-0.15, -0.1) is 5.10 Å². The molecule has 0 saturated carbocycles. The van der Waals surface area contributed by atoms with E-state index in [0.717, 1.165) is 5.56 Å². The molecule has 0 bridgehead atoms. The van der Waals surface area contributed by atoms with Gasteiger partial charge < -0.3 is 24.7 Å². The molecule has 3 N–H and O–H groups in total. The van der Waals surface area contributed by atoms with E-state index < -0.39 is 11.9 Å². The summed E-state index contributed by atoms with van der Waals surface area (Å²) >= 11 is 0. The molecule has 0 radical (unpaired) electrons. The van der Waals surface area contributed by atoms with Gasteiger partial charge in [0.15, 0.2) is 11.5 Å². The monoisotopic (exact) mass is 412 g/mol. The minimum Gasteiger partial charge on any atom is -0.493 e. The van der Waals surface area contributed by atoms with Gasteiger partial charge in [-0.2, -0.15) is 5.26 Å². The van der Waals surface area contributed by atoms with Crippen LogP contribution in [0.3, 0.4) is 0 Å². The molecule has 9 heteroatoms. The van der Waals surface area contributed by atoms with E-state index in [1.807, 2.05) is 19.9 Å². The first-order chi connectivity index (χ1) is 14.4. The summed E-state index contributed by atoms with van der Waals surface area (Å²) in [4.78, 5) is 12.1. The quantitative estimate of drug-likeness (QED) is 0.663. The van der Waals surface area contributed by atoms with Crippen molar-refractivity contribution in [1.29, 1.82) is 5.26 Å². The third-order valence-electron chi connectivity index (χ3n) is 4.53. The van der Waals surface area contributed by atoms with Crippen LogP contribution in [0.2, 0.25) is 0 Å². The standard InChI is InChI=1S/C21H24N4O5/c1-5-28-17(26)9-14-19-18(13(10-22)20(23)30-21(19)25-24-14)12-6-7-15(29-11(2)3)16(8-12)27-4/h6-8,11,18H,5,9,23H2,1-4H3,(H,24,25)/t18-/m1/s1. The molecule has 2 heterocycles. The third-order valence-corrected chi connectivity index (χ3v) is 4.53. The second kappa shape index (κ2) is 8.78. The summed E-state index contributed by atoms with van der Waals surface area (Å²) in [5.74, 6) is 0.271.